The normalized spacial score (nSPS) is 24.8. The second-order valence-electron chi connectivity index (χ2n) is 4.93. The van der Waals surface area contributed by atoms with Gasteiger partial charge in [-0.15, -0.1) is 11.3 Å². The summed E-state index contributed by atoms with van der Waals surface area (Å²) in [5.74, 6) is 0. The standard InChI is InChI=1S/C13H13IN2O5S/c14-10-2-1-9(22-10)6-4-16(13(20)15-12(6)19)11-3-7(18)8(5-17)21-11/h1-2,4,7-8,11,17-18H,3,5H2,(H,15,19,20)/t7?,8-,11-/m0/s1. The maximum atomic E-state index is 12.0. The zero-order chi connectivity index (χ0) is 15.9. The van der Waals surface area contributed by atoms with Crippen LogP contribution < -0.4 is 11.2 Å². The van der Waals surface area contributed by atoms with Gasteiger partial charge in [-0.25, -0.2) is 4.79 Å². The van der Waals surface area contributed by atoms with Gasteiger partial charge in [0.1, 0.15) is 12.3 Å². The van der Waals surface area contributed by atoms with Crippen molar-refractivity contribution >= 4 is 33.9 Å². The van der Waals surface area contributed by atoms with E-state index in [9.17, 15) is 14.7 Å². The molecular weight excluding hydrogens is 423 g/mol. The second kappa shape index (κ2) is 6.24. The van der Waals surface area contributed by atoms with Crippen LogP contribution in [0.3, 0.4) is 0 Å². The van der Waals surface area contributed by atoms with Crippen molar-refractivity contribution in [2.45, 2.75) is 24.9 Å². The SMILES string of the molecule is O=c1[nH]c(=O)n([C@@H]2CC(O)[C@H](CO)O2)cc1-c1ccc(I)s1. The van der Waals surface area contributed by atoms with Crippen LogP contribution in [0.2, 0.25) is 0 Å². The predicted molar refractivity (Wildman–Crippen MR) is 89.0 cm³/mol. The van der Waals surface area contributed by atoms with Gasteiger partial charge in [0.05, 0.1) is 21.2 Å². The Bertz CT molecular complexity index is 798. The average Bonchev–Trinajstić information content (AvgIpc) is 3.05. The molecule has 3 heterocycles. The summed E-state index contributed by atoms with van der Waals surface area (Å²) in [6.07, 6.45) is -0.664. The topological polar surface area (TPSA) is 105 Å². The molecule has 2 aromatic heterocycles. The minimum absolute atomic E-state index is 0.179. The number of H-pyrrole nitrogens is 1. The highest BCUT2D eigenvalue weighted by atomic mass is 127. The lowest BCUT2D eigenvalue weighted by molar-refractivity contribution is -0.0458. The molecule has 0 spiro atoms. The quantitative estimate of drug-likeness (QED) is 0.609. The number of nitrogens with one attached hydrogen (secondary N) is 1. The predicted octanol–water partition coefficient (Wildman–Crippen LogP) is 0.510. The molecule has 0 aromatic carbocycles. The lowest BCUT2D eigenvalue weighted by Crippen LogP contribution is -2.33. The van der Waals surface area contributed by atoms with Crippen LogP contribution in [0.4, 0.5) is 0 Å². The van der Waals surface area contributed by atoms with Gasteiger partial charge in [0, 0.05) is 17.5 Å². The van der Waals surface area contributed by atoms with Gasteiger partial charge in [0.2, 0.25) is 0 Å². The molecule has 0 radical (unpaired) electrons. The van der Waals surface area contributed by atoms with Crippen molar-refractivity contribution in [3.8, 4) is 10.4 Å². The van der Waals surface area contributed by atoms with E-state index in [1.807, 2.05) is 12.1 Å². The van der Waals surface area contributed by atoms with Gasteiger partial charge < -0.3 is 14.9 Å². The molecule has 0 saturated carbocycles. The van der Waals surface area contributed by atoms with E-state index in [1.54, 1.807) is 0 Å². The number of aliphatic hydroxyl groups is 2. The first-order valence-electron chi connectivity index (χ1n) is 6.55. The summed E-state index contributed by atoms with van der Waals surface area (Å²) in [5.41, 5.74) is -0.689. The lowest BCUT2D eigenvalue weighted by atomic mass is 10.2. The smallest absolute Gasteiger partial charge is 0.330 e. The van der Waals surface area contributed by atoms with E-state index in [0.29, 0.717) is 5.56 Å². The number of hydrogen-bond acceptors (Lipinski definition) is 6. The van der Waals surface area contributed by atoms with E-state index in [-0.39, 0.29) is 13.0 Å². The highest BCUT2D eigenvalue weighted by Gasteiger charge is 2.35. The fourth-order valence-electron chi connectivity index (χ4n) is 2.38. The third kappa shape index (κ3) is 2.91. The molecule has 3 atom stereocenters. The maximum Gasteiger partial charge on any atom is 0.330 e. The number of thiophene rings is 1. The molecular formula is C13H13IN2O5S. The number of aliphatic hydroxyl groups excluding tert-OH is 2. The first-order chi connectivity index (χ1) is 10.5. The van der Waals surface area contributed by atoms with Crippen molar-refractivity contribution in [2.24, 2.45) is 0 Å². The maximum absolute atomic E-state index is 12.0. The van der Waals surface area contributed by atoms with Crippen molar-refractivity contribution in [3.05, 3.63) is 42.1 Å². The van der Waals surface area contributed by atoms with Gasteiger partial charge in [0.25, 0.3) is 5.56 Å². The molecule has 2 aromatic rings. The largest absolute Gasteiger partial charge is 0.394 e. The summed E-state index contributed by atoms with van der Waals surface area (Å²) in [5, 5.41) is 18.9. The van der Waals surface area contributed by atoms with Crippen LogP contribution in [0.1, 0.15) is 12.6 Å². The molecule has 1 aliphatic heterocycles. The first-order valence-corrected chi connectivity index (χ1v) is 8.44. The molecule has 1 unspecified atom stereocenters. The Labute approximate surface area is 142 Å². The summed E-state index contributed by atoms with van der Waals surface area (Å²) in [4.78, 5) is 27.0. The number of aromatic amines is 1. The van der Waals surface area contributed by atoms with Crippen LogP contribution in [0.25, 0.3) is 10.4 Å². The Hall–Kier alpha value is -1.01. The molecule has 1 aliphatic rings. The highest BCUT2D eigenvalue weighted by Crippen LogP contribution is 2.30. The minimum Gasteiger partial charge on any atom is -0.394 e. The zero-order valence-corrected chi connectivity index (χ0v) is 14.2. The van der Waals surface area contributed by atoms with Crippen LogP contribution in [0.5, 0.6) is 0 Å². The molecule has 1 fully saturated rings. The van der Waals surface area contributed by atoms with Crippen molar-refractivity contribution < 1.29 is 14.9 Å². The third-order valence-corrected chi connectivity index (χ3v) is 5.43. The fraction of sp³-hybridized carbons (Fsp3) is 0.385. The third-order valence-electron chi connectivity index (χ3n) is 3.50. The number of aromatic nitrogens is 2. The van der Waals surface area contributed by atoms with Gasteiger partial charge in [-0.3, -0.25) is 14.3 Å². The van der Waals surface area contributed by atoms with Crippen molar-refractivity contribution in [2.75, 3.05) is 6.61 Å². The summed E-state index contributed by atoms with van der Waals surface area (Å²) >= 11 is 3.59. The number of rotatable bonds is 3. The zero-order valence-electron chi connectivity index (χ0n) is 11.2. The number of hydrogen-bond donors (Lipinski definition) is 3. The summed E-state index contributed by atoms with van der Waals surface area (Å²) in [7, 11) is 0. The molecule has 22 heavy (non-hydrogen) atoms. The van der Waals surface area contributed by atoms with E-state index in [2.05, 4.69) is 27.6 Å². The molecule has 3 rings (SSSR count). The summed E-state index contributed by atoms with van der Waals surface area (Å²) in [6, 6.07) is 3.69. The lowest BCUT2D eigenvalue weighted by Gasteiger charge is -2.15. The van der Waals surface area contributed by atoms with E-state index in [1.165, 1.54) is 22.1 Å². The minimum atomic E-state index is -0.847. The molecule has 0 bridgehead atoms. The number of ether oxygens (including phenoxy) is 1. The van der Waals surface area contributed by atoms with E-state index < -0.39 is 29.7 Å². The molecule has 0 aliphatic carbocycles. The van der Waals surface area contributed by atoms with E-state index >= 15 is 0 Å². The number of nitrogens with zero attached hydrogens (tertiary/aromatic N) is 1. The molecule has 7 nitrogen and oxygen atoms in total. The Morgan fingerprint density at radius 3 is 2.82 bits per heavy atom. The summed E-state index contributed by atoms with van der Waals surface area (Å²) in [6.45, 7) is -0.328. The van der Waals surface area contributed by atoms with Gasteiger partial charge in [-0.2, -0.15) is 0 Å². The molecule has 118 valence electrons. The molecule has 1 saturated heterocycles. The van der Waals surface area contributed by atoms with Gasteiger partial charge in [0.15, 0.2) is 0 Å². The van der Waals surface area contributed by atoms with Crippen LogP contribution in [-0.4, -0.2) is 38.6 Å². The molecule has 0 amide bonds. The Kier molecular flexibility index (Phi) is 4.50. The van der Waals surface area contributed by atoms with Crippen molar-refractivity contribution in [1.82, 2.24) is 9.55 Å². The number of halogens is 1. The van der Waals surface area contributed by atoms with Crippen LogP contribution in [0.15, 0.2) is 27.9 Å². The first kappa shape index (κ1) is 15.9. The van der Waals surface area contributed by atoms with Crippen molar-refractivity contribution in [1.29, 1.82) is 0 Å². The fourth-order valence-corrected chi connectivity index (χ4v) is 4.01. The van der Waals surface area contributed by atoms with Gasteiger partial charge in [-0.05, 0) is 34.7 Å². The van der Waals surface area contributed by atoms with Gasteiger partial charge >= 0.3 is 5.69 Å². The van der Waals surface area contributed by atoms with E-state index in [4.69, 9.17) is 9.84 Å². The monoisotopic (exact) mass is 436 g/mol. The Morgan fingerprint density at radius 1 is 1.45 bits per heavy atom. The highest BCUT2D eigenvalue weighted by molar-refractivity contribution is 14.1. The molecule has 3 N–H and O–H groups in total. The molecule has 9 heteroatoms. The van der Waals surface area contributed by atoms with Crippen molar-refractivity contribution in [3.63, 3.8) is 0 Å². The Balaban J connectivity index is 2.03. The van der Waals surface area contributed by atoms with Gasteiger partial charge in [-0.1, -0.05) is 0 Å². The van der Waals surface area contributed by atoms with Crippen LogP contribution in [-0.2, 0) is 4.74 Å². The van der Waals surface area contributed by atoms with Crippen LogP contribution >= 0.6 is 33.9 Å². The van der Waals surface area contributed by atoms with Crippen LogP contribution in [0, 0.1) is 2.88 Å². The van der Waals surface area contributed by atoms with E-state index in [0.717, 1.165) is 7.76 Å². The second-order valence-corrected chi connectivity index (χ2v) is 7.91. The average molecular weight is 436 g/mol. The summed E-state index contributed by atoms with van der Waals surface area (Å²) < 4.78 is 7.75. The Morgan fingerprint density at radius 2 is 2.23 bits per heavy atom.